The highest BCUT2D eigenvalue weighted by Gasteiger charge is 2.19. The van der Waals surface area contributed by atoms with Gasteiger partial charge in [-0.05, 0) is 25.5 Å². The van der Waals surface area contributed by atoms with Crippen molar-refractivity contribution in [3.05, 3.63) is 35.0 Å². The van der Waals surface area contributed by atoms with Crippen LogP contribution in [0.15, 0.2) is 18.2 Å². The number of aromatic nitrogens is 4. The van der Waals surface area contributed by atoms with Crippen LogP contribution in [0.4, 0.5) is 16.6 Å². The Hall–Kier alpha value is -3.89. The third kappa shape index (κ3) is 5.30. The van der Waals surface area contributed by atoms with Crippen molar-refractivity contribution in [2.24, 2.45) is 0 Å². The maximum Gasteiger partial charge on any atom is 0.413 e. The molecule has 3 rings (SSSR count). The van der Waals surface area contributed by atoms with Crippen LogP contribution in [0.25, 0.3) is 11.0 Å². The van der Waals surface area contributed by atoms with Crippen LogP contribution in [-0.4, -0.2) is 59.7 Å². The van der Waals surface area contributed by atoms with E-state index < -0.39 is 12.1 Å². The summed E-state index contributed by atoms with van der Waals surface area (Å²) in [4.78, 5) is 32.5. The first-order valence-electron chi connectivity index (χ1n) is 10.5. The molecule has 0 saturated heterocycles. The summed E-state index contributed by atoms with van der Waals surface area (Å²) in [7, 11) is 4.14. The summed E-state index contributed by atoms with van der Waals surface area (Å²) >= 11 is 0. The highest BCUT2D eigenvalue weighted by atomic mass is 16.5. The summed E-state index contributed by atoms with van der Waals surface area (Å²) in [6, 6.07) is 5.11. The summed E-state index contributed by atoms with van der Waals surface area (Å²) in [5.74, 6) is 0.757. The Morgan fingerprint density at radius 1 is 1.12 bits per heavy atom. The average Bonchev–Trinajstić information content (AvgIpc) is 3.13. The van der Waals surface area contributed by atoms with Crippen LogP contribution in [0.3, 0.4) is 0 Å². The third-order valence-electron chi connectivity index (χ3n) is 5.01. The van der Waals surface area contributed by atoms with Crippen molar-refractivity contribution < 1.29 is 23.8 Å². The largest absolute Gasteiger partial charge is 0.496 e. The van der Waals surface area contributed by atoms with E-state index in [1.165, 1.54) is 21.3 Å². The second kappa shape index (κ2) is 10.6. The number of anilines is 2. The quantitative estimate of drug-likeness (QED) is 0.368. The number of fused-ring (bicyclic) bond motifs is 1. The number of hydrogen-bond donors (Lipinski definition) is 2. The number of nitrogens with zero attached hydrogens (tertiary/aromatic N) is 4. The molecule has 11 heteroatoms. The molecule has 2 heterocycles. The summed E-state index contributed by atoms with van der Waals surface area (Å²) in [5.41, 5.74) is 3.16. The standard InChI is InChI=1S/C22H28N6O5/c1-6-7-10-23-19-18-17(24-21(25-19)26-22(30)33-5)13(2)27-28(18)12-15-9-8-14(20(29)32-4)11-16(15)31-3/h8-9,11H,6-7,10,12H2,1-5H3,(H2,23,24,25,26,30). The van der Waals surface area contributed by atoms with Gasteiger partial charge in [0.15, 0.2) is 5.82 Å². The lowest BCUT2D eigenvalue weighted by molar-refractivity contribution is 0.0600. The topological polar surface area (TPSA) is 129 Å². The Morgan fingerprint density at radius 3 is 2.58 bits per heavy atom. The molecule has 1 aromatic carbocycles. The van der Waals surface area contributed by atoms with E-state index in [-0.39, 0.29) is 5.95 Å². The minimum Gasteiger partial charge on any atom is -0.496 e. The van der Waals surface area contributed by atoms with Crippen LogP contribution in [-0.2, 0) is 16.0 Å². The Labute approximate surface area is 191 Å². The van der Waals surface area contributed by atoms with Gasteiger partial charge in [-0.3, -0.25) is 10.00 Å². The minimum absolute atomic E-state index is 0.121. The maximum absolute atomic E-state index is 11.9. The Balaban J connectivity index is 2.06. The van der Waals surface area contributed by atoms with E-state index in [1.807, 2.05) is 6.92 Å². The Kier molecular flexibility index (Phi) is 7.65. The van der Waals surface area contributed by atoms with Gasteiger partial charge in [0, 0.05) is 12.1 Å². The van der Waals surface area contributed by atoms with Crippen LogP contribution < -0.4 is 15.4 Å². The molecule has 11 nitrogen and oxygen atoms in total. The van der Waals surface area contributed by atoms with Gasteiger partial charge in [0.2, 0.25) is 5.95 Å². The van der Waals surface area contributed by atoms with Crippen molar-refractivity contribution in [3.63, 3.8) is 0 Å². The molecule has 0 saturated carbocycles. The minimum atomic E-state index is -0.658. The van der Waals surface area contributed by atoms with Crippen molar-refractivity contribution in [2.45, 2.75) is 33.2 Å². The first-order chi connectivity index (χ1) is 15.9. The van der Waals surface area contributed by atoms with Crippen LogP contribution >= 0.6 is 0 Å². The lowest BCUT2D eigenvalue weighted by Crippen LogP contribution is -2.15. The highest BCUT2D eigenvalue weighted by molar-refractivity contribution is 5.91. The van der Waals surface area contributed by atoms with Crippen LogP contribution in [0.1, 0.15) is 41.4 Å². The lowest BCUT2D eigenvalue weighted by atomic mass is 10.1. The molecule has 1 amide bonds. The Morgan fingerprint density at radius 2 is 1.91 bits per heavy atom. The van der Waals surface area contributed by atoms with Gasteiger partial charge in [0.05, 0.1) is 39.1 Å². The monoisotopic (exact) mass is 456 g/mol. The first-order valence-corrected chi connectivity index (χ1v) is 10.5. The molecule has 2 aromatic heterocycles. The summed E-state index contributed by atoms with van der Waals surface area (Å²) < 4.78 is 16.7. The molecule has 0 bridgehead atoms. The average molecular weight is 457 g/mol. The van der Waals surface area contributed by atoms with E-state index in [0.29, 0.717) is 46.9 Å². The molecule has 0 unspecified atom stereocenters. The number of methoxy groups -OCH3 is 3. The number of carbonyl (C=O) groups excluding carboxylic acids is 2. The molecule has 2 N–H and O–H groups in total. The Bertz CT molecular complexity index is 1160. The fourth-order valence-corrected chi connectivity index (χ4v) is 3.33. The number of carbonyl (C=O) groups is 2. The number of aryl methyl sites for hydroxylation is 1. The van der Waals surface area contributed by atoms with Gasteiger partial charge in [-0.25, -0.2) is 14.6 Å². The molecule has 3 aromatic rings. The second-order valence-electron chi connectivity index (χ2n) is 7.25. The molecule has 0 aliphatic carbocycles. The van der Waals surface area contributed by atoms with Gasteiger partial charge in [-0.1, -0.05) is 19.4 Å². The highest BCUT2D eigenvalue weighted by Crippen LogP contribution is 2.28. The van der Waals surface area contributed by atoms with Crippen LogP contribution in [0, 0.1) is 6.92 Å². The fraction of sp³-hybridized carbons (Fsp3) is 0.409. The molecule has 0 atom stereocenters. The molecule has 0 aliphatic heterocycles. The van der Waals surface area contributed by atoms with Gasteiger partial charge in [-0.2, -0.15) is 10.1 Å². The van der Waals surface area contributed by atoms with E-state index >= 15 is 0 Å². The summed E-state index contributed by atoms with van der Waals surface area (Å²) in [6.45, 7) is 4.98. The zero-order chi connectivity index (χ0) is 24.0. The number of esters is 1. The molecular weight excluding hydrogens is 428 g/mol. The van der Waals surface area contributed by atoms with Gasteiger partial charge in [0.25, 0.3) is 0 Å². The van der Waals surface area contributed by atoms with E-state index in [1.54, 1.807) is 22.9 Å². The molecule has 0 aliphatic rings. The molecule has 0 fully saturated rings. The normalized spacial score (nSPS) is 10.7. The number of benzene rings is 1. The summed E-state index contributed by atoms with van der Waals surface area (Å²) in [5, 5.41) is 10.5. The van der Waals surface area contributed by atoms with Gasteiger partial charge >= 0.3 is 12.1 Å². The van der Waals surface area contributed by atoms with Crippen LogP contribution in [0.2, 0.25) is 0 Å². The molecular formula is C22H28N6O5. The number of nitrogens with one attached hydrogen (secondary N) is 2. The van der Waals surface area contributed by atoms with Crippen LogP contribution in [0.5, 0.6) is 5.75 Å². The predicted octanol–water partition coefficient (Wildman–Crippen LogP) is 3.37. The van der Waals surface area contributed by atoms with E-state index in [9.17, 15) is 9.59 Å². The van der Waals surface area contributed by atoms with Crippen molar-refractivity contribution in [1.82, 2.24) is 19.7 Å². The lowest BCUT2D eigenvalue weighted by Gasteiger charge is -2.13. The van der Waals surface area contributed by atoms with Crippen molar-refractivity contribution >= 4 is 34.9 Å². The van der Waals surface area contributed by atoms with Crippen molar-refractivity contribution in [1.29, 1.82) is 0 Å². The van der Waals surface area contributed by atoms with E-state index in [4.69, 9.17) is 9.47 Å². The molecule has 176 valence electrons. The number of amides is 1. The fourth-order valence-electron chi connectivity index (χ4n) is 3.33. The first kappa shape index (κ1) is 23.8. The van der Waals surface area contributed by atoms with Gasteiger partial charge in [-0.15, -0.1) is 0 Å². The predicted molar refractivity (Wildman–Crippen MR) is 123 cm³/mol. The SMILES string of the molecule is CCCCNc1nc(NC(=O)OC)nc2c(C)nn(Cc3ccc(C(=O)OC)cc3OC)c12. The smallest absolute Gasteiger partial charge is 0.413 e. The van der Waals surface area contributed by atoms with Crippen molar-refractivity contribution in [2.75, 3.05) is 38.5 Å². The van der Waals surface area contributed by atoms with E-state index in [2.05, 4.69) is 37.4 Å². The van der Waals surface area contributed by atoms with Crippen molar-refractivity contribution in [3.8, 4) is 5.75 Å². The third-order valence-corrected chi connectivity index (χ3v) is 5.01. The zero-order valence-electron chi connectivity index (χ0n) is 19.4. The number of ether oxygens (including phenoxy) is 3. The molecule has 0 spiro atoms. The number of unbranched alkanes of at least 4 members (excludes halogenated alkanes) is 1. The summed E-state index contributed by atoms with van der Waals surface area (Å²) in [6.07, 6.45) is 1.30. The van der Waals surface area contributed by atoms with E-state index in [0.717, 1.165) is 18.4 Å². The zero-order valence-corrected chi connectivity index (χ0v) is 19.4. The number of rotatable bonds is 9. The molecule has 33 heavy (non-hydrogen) atoms. The maximum atomic E-state index is 11.9. The number of hydrogen-bond acceptors (Lipinski definition) is 9. The second-order valence-corrected chi connectivity index (χ2v) is 7.25. The van der Waals surface area contributed by atoms with Gasteiger partial charge < -0.3 is 19.5 Å². The molecule has 0 radical (unpaired) electrons. The van der Waals surface area contributed by atoms with Gasteiger partial charge in [0.1, 0.15) is 16.8 Å².